The van der Waals surface area contributed by atoms with Crippen LogP contribution in [0.25, 0.3) is 0 Å². The van der Waals surface area contributed by atoms with E-state index in [-0.39, 0.29) is 18.0 Å². The third-order valence-electron chi connectivity index (χ3n) is 4.35. The maximum atomic E-state index is 11.9. The number of hydrogen-bond acceptors (Lipinski definition) is 4. The molecule has 0 bridgehead atoms. The van der Waals surface area contributed by atoms with Crippen molar-refractivity contribution in [1.82, 2.24) is 10.2 Å². The van der Waals surface area contributed by atoms with Crippen molar-refractivity contribution in [2.75, 3.05) is 26.2 Å². The number of piperidine rings is 1. The molecule has 0 saturated carbocycles. The molecule has 3 rings (SSSR count). The highest BCUT2D eigenvalue weighted by Crippen LogP contribution is 2.34. The Bertz CT molecular complexity index is 520. The summed E-state index contributed by atoms with van der Waals surface area (Å²) in [6.07, 6.45) is 0.916. The number of primary amides is 1. The van der Waals surface area contributed by atoms with E-state index in [4.69, 9.17) is 10.5 Å². The van der Waals surface area contributed by atoms with E-state index in [9.17, 15) is 9.59 Å². The molecule has 0 unspecified atom stereocenters. The largest absolute Gasteiger partial charge is 0.376 e. The van der Waals surface area contributed by atoms with Gasteiger partial charge in [-0.2, -0.15) is 11.3 Å². The van der Waals surface area contributed by atoms with Gasteiger partial charge >= 0.3 is 6.03 Å². The lowest BCUT2D eigenvalue weighted by atomic mass is 9.84. The predicted octanol–water partition coefficient (Wildman–Crippen LogP) is 0.893. The van der Waals surface area contributed by atoms with E-state index in [2.05, 4.69) is 5.32 Å². The molecule has 3 N–H and O–H groups in total. The van der Waals surface area contributed by atoms with Crippen molar-refractivity contribution in [1.29, 1.82) is 0 Å². The number of nitrogens with two attached hydrogens (primary N) is 1. The molecule has 2 fully saturated rings. The molecule has 3 amide bonds. The second-order valence-electron chi connectivity index (χ2n) is 5.59. The molecule has 0 aliphatic carbocycles. The summed E-state index contributed by atoms with van der Waals surface area (Å²) in [7, 11) is 0. The first kappa shape index (κ1) is 14.3. The number of nitrogens with one attached hydrogen (secondary N) is 1. The average molecular weight is 309 g/mol. The Morgan fingerprint density at radius 1 is 1.52 bits per heavy atom. The van der Waals surface area contributed by atoms with Crippen LogP contribution in [0.2, 0.25) is 0 Å². The molecule has 7 heteroatoms. The van der Waals surface area contributed by atoms with Crippen molar-refractivity contribution in [3.05, 3.63) is 22.4 Å². The highest BCUT2D eigenvalue weighted by molar-refractivity contribution is 7.08. The number of carbonyl (C=O) groups is 2. The molecule has 0 aromatic carbocycles. The molecular formula is C14H19N3O3S. The molecule has 0 spiro atoms. The summed E-state index contributed by atoms with van der Waals surface area (Å²) in [5, 5.41) is 6.65. The second kappa shape index (κ2) is 6.03. The Balaban J connectivity index is 1.52. The summed E-state index contributed by atoms with van der Waals surface area (Å²) in [4.78, 5) is 24.8. The highest BCUT2D eigenvalue weighted by atomic mass is 32.1. The number of fused-ring (bicyclic) bond motifs is 1. The van der Waals surface area contributed by atoms with Crippen molar-refractivity contribution >= 4 is 23.3 Å². The zero-order valence-corrected chi connectivity index (χ0v) is 12.5. The maximum absolute atomic E-state index is 11.9. The van der Waals surface area contributed by atoms with Crippen molar-refractivity contribution < 1.29 is 14.3 Å². The number of thiophene rings is 1. The zero-order valence-electron chi connectivity index (χ0n) is 11.7. The SMILES string of the molecule is NC(=O)N1CC[C@@H]2[C@@H](CO[C@H]2CNC(=O)c2ccsc2)C1. The Morgan fingerprint density at radius 2 is 2.38 bits per heavy atom. The van der Waals surface area contributed by atoms with Crippen molar-refractivity contribution in [2.45, 2.75) is 12.5 Å². The van der Waals surface area contributed by atoms with Crippen LogP contribution < -0.4 is 11.1 Å². The van der Waals surface area contributed by atoms with E-state index in [1.165, 1.54) is 11.3 Å². The molecule has 1 aromatic rings. The third-order valence-corrected chi connectivity index (χ3v) is 5.04. The molecule has 2 aliphatic heterocycles. The van der Waals surface area contributed by atoms with E-state index in [0.717, 1.165) is 6.42 Å². The Kier molecular flexibility index (Phi) is 4.12. The molecule has 0 radical (unpaired) electrons. The van der Waals surface area contributed by atoms with Gasteiger partial charge in [-0.25, -0.2) is 4.79 Å². The Hall–Kier alpha value is -1.60. The van der Waals surface area contributed by atoms with E-state index in [1.807, 2.05) is 16.8 Å². The Labute approximate surface area is 127 Å². The Morgan fingerprint density at radius 3 is 3.10 bits per heavy atom. The van der Waals surface area contributed by atoms with Gasteiger partial charge in [-0.05, 0) is 23.8 Å². The lowest BCUT2D eigenvalue weighted by Crippen LogP contribution is -2.47. The van der Waals surface area contributed by atoms with Gasteiger partial charge < -0.3 is 20.7 Å². The first-order valence-electron chi connectivity index (χ1n) is 7.11. The van der Waals surface area contributed by atoms with Crippen LogP contribution in [0.3, 0.4) is 0 Å². The first-order chi connectivity index (χ1) is 10.1. The van der Waals surface area contributed by atoms with Crippen molar-refractivity contribution in [3.63, 3.8) is 0 Å². The summed E-state index contributed by atoms with van der Waals surface area (Å²) in [6.45, 7) is 2.49. The van der Waals surface area contributed by atoms with Crippen LogP contribution in [0.1, 0.15) is 16.8 Å². The van der Waals surface area contributed by atoms with Gasteiger partial charge in [0, 0.05) is 36.5 Å². The van der Waals surface area contributed by atoms with Gasteiger partial charge in [-0.3, -0.25) is 4.79 Å². The van der Waals surface area contributed by atoms with Crippen molar-refractivity contribution in [3.8, 4) is 0 Å². The smallest absolute Gasteiger partial charge is 0.314 e. The number of urea groups is 1. The normalized spacial score (nSPS) is 28.2. The molecule has 6 nitrogen and oxygen atoms in total. The summed E-state index contributed by atoms with van der Waals surface area (Å²) in [5.74, 6) is 0.663. The minimum Gasteiger partial charge on any atom is -0.376 e. The predicted molar refractivity (Wildman–Crippen MR) is 79.1 cm³/mol. The molecule has 1 aromatic heterocycles. The first-order valence-corrected chi connectivity index (χ1v) is 8.06. The average Bonchev–Trinajstić information content (AvgIpc) is 3.13. The van der Waals surface area contributed by atoms with Crippen LogP contribution in [-0.4, -0.2) is 49.2 Å². The van der Waals surface area contributed by atoms with E-state index >= 15 is 0 Å². The highest BCUT2D eigenvalue weighted by Gasteiger charge is 2.41. The lowest BCUT2D eigenvalue weighted by molar-refractivity contribution is 0.0756. The molecular weight excluding hydrogens is 290 g/mol. The lowest BCUT2D eigenvalue weighted by Gasteiger charge is -2.34. The zero-order chi connectivity index (χ0) is 14.8. The molecule has 2 aliphatic rings. The summed E-state index contributed by atoms with van der Waals surface area (Å²) in [6, 6.07) is 1.45. The number of hydrogen-bond donors (Lipinski definition) is 2. The van der Waals surface area contributed by atoms with Gasteiger partial charge in [0.15, 0.2) is 0 Å². The van der Waals surface area contributed by atoms with Gasteiger partial charge in [-0.1, -0.05) is 0 Å². The minimum atomic E-state index is -0.359. The second-order valence-corrected chi connectivity index (χ2v) is 6.37. The maximum Gasteiger partial charge on any atom is 0.314 e. The fourth-order valence-electron chi connectivity index (χ4n) is 3.19. The number of carbonyl (C=O) groups excluding carboxylic acids is 2. The summed E-state index contributed by atoms with van der Waals surface area (Å²) < 4.78 is 5.80. The van der Waals surface area contributed by atoms with Crippen molar-refractivity contribution in [2.24, 2.45) is 17.6 Å². The molecule has 114 valence electrons. The van der Waals surface area contributed by atoms with Crippen LogP contribution >= 0.6 is 11.3 Å². The molecule has 21 heavy (non-hydrogen) atoms. The minimum absolute atomic E-state index is 0.0348. The number of amides is 3. The van der Waals surface area contributed by atoms with Gasteiger partial charge in [-0.15, -0.1) is 0 Å². The molecule has 2 saturated heterocycles. The fraction of sp³-hybridized carbons (Fsp3) is 0.571. The topological polar surface area (TPSA) is 84.7 Å². The third kappa shape index (κ3) is 3.03. The fourth-order valence-corrected chi connectivity index (χ4v) is 3.82. The van der Waals surface area contributed by atoms with Gasteiger partial charge in [0.2, 0.25) is 0 Å². The number of nitrogens with zero attached hydrogens (tertiary/aromatic N) is 1. The van der Waals surface area contributed by atoms with Crippen LogP contribution in [0.5, 0.6) is 0 Å². The van der Waals surface area contributed by atoms with Gasteiger partial charge in [0.25, 0.3) is 5.91 Å². The van der Waals surface area contributed by atoms with Crippen LogP contribution in [0, 0.1) is 11.8 Å². The number of likely N-dealkylation sites (tertiary alicyclic amines) is 1. The molecule has 3 atom stereocenters. The van der Waals surface area contributed by atoms with Crippen LogP contribution in [0.15, 0.2) is 16.8 Å². The molecule has 3 heterocycles. The van der Waals surface area contributed by atoms with E-state index in [0.29, 0.717) is 43.6 Å². The number of rotatable bonds is 3. The van der Waals surface area contributed by atoms with E-state index in [1.54, 1.807) is 4.90 Å². The standard InChI is InChI=1S/C14H19N3O3S/c15-14(19)17-3-1-11-10(6-17)7-20-12(11)5-16-13(18)9-2-4-21-8-9/h2,4,8,10-12H,1,3,5-7H2,(H2,15,19)(H,16,18)/t10-,11-,12+/m1/s1. The van der Waals surface area contributed by atoms with Gasteiger partial charge in [0.05, 0.1) is 12.7 Å². The van der Waals surface area contributed by atoms with Crippen LogP contribution in [-0.2, 0) is 4.74 Å². The van der Waals surface area contributed by atoms with Crippen LogP contribution in [0.4, 0.5) is 4.79 Å². The monoisotopic (exact) mass is 309 g/mol. The van der Waals surface area contributed by atoms with Gasteiger partial charge in [0.1, 0.15) is 0 Å². The summed E-state index contributed by atoms with van der Waals surface area (Å²) >= 11 is 1.51. The number of ether oxygens (including phenoxy) is 1. The quantitative estimate of drug-likeness (QED) is 0.870. The van der Waals surface area contributed by atoms with E-state index < -0.39 is 0 Å². The summed E-state index contributed by atoms with van der Waals surface area (Å²) in [5.41, 5.74) is 6.02.